The molecule has 0 aliphatic rings. The molecule has 0 bridgehead atoms. The molecule has 2 atom stereocenters. The summed E-state index contributed by atoms with van der Waals surface area (Å²) in [5.41, 5.74) is 5.34. The number of rotatable bonds is 39. The van der Waals surface area contributed by atoms with E-state index in [4.69, 9.17) is 24.3 Å². The molecule has 0 heterocycles. The predicted molar refractivity (Wildman–Crippen MR) is 220 cm³/mol. The van der Waals surface area contributed by atoms with Gasteiger partial charge in [0.1, 0.15) is 6.61 Å². The molecule has 308 valence electrons. The fraction of sp³-hybridized carbons (Fsp3) is 0.767. The lowest BCUT2D eigenvalue weighted by molar-refractivity contribution is -0.161. The molecule has 0 saturated heterocycles. The molecule has 0 aromatic carbocycles. The second-order valence-corrected chi connectivity index (χ2v) is 15.3. The van der Waals surface area contributed by atoms with Crippen molar-refractivity contribution in [2.75, 3.05) is 26.4 Å². The van der Waals surface area contributed by atoms with Crippen LogP contribution in [0.3, 0.4) is 0 Å². The van der Waals surface area contributed by atoms with Crippen LogP contribution in [-0.4, -0.2) is 49.3 Å². The first kappa shape index (κ1) is 51.0. The Kier molecular flexibility index (Phi) is 38.1. The van der Waals surface area contributed by atoms with Crippen molar-refractivity contribution in [3.05, 3.63) is 48.6 Å². The highest BCUT2D eigenvalue weighted by atomic mass is 31.2. The lowest BCUT2D eigenvalue weighted by atomic mass is 10.1. The summed E-state index contributed by atoms with van der Waals surface area (Å²) in [4.78, 5) is 34.8. The molecular formula is C43H78NO8P. The molecule has 1 unspecified atom stereocenters. The second-order valence-electron chi connectivity index (χ2n) is 13.8. The van der Waals surface area contributed by atoms with Crippen LogP contribution >= 0.6 is 7.82 Å². The van der Waals surface area contributed by atoms with Crippen molar-refractivity contribution in [3.8, 4) is 0 Å². The van der Waals surface area contributed by atoms with Crippen LogP contribution in [0.5, 0.6) is 0 Å². The highest BCUT2D eigenvalue weighted by Gasteiger charge is 2.26. The van der Waals surface area contributed by atoms with Gasteiger partial charge < -0.3 is 20.1 Å². The van der Waals surface area contributed by atoms with Crippen molar-refractivity contribution >= 4 is 19.8 Å². The van der Waals surface area contributed by atoms with Crippen molar-refractivity contribution in [2.45, 2.75) is 187 Å². The molecule has 3 N–H and O–H groups in total. The van der Waals surface area contributed by atoms with E-state index in [1.807, 2.05) is 0 Å². The predicted octanol–water partition coefficient (Wildman–Crippen LogP) is 11.9. The van der Waals surface area contributed by atoms with Gasteiger partial charge in [0, 0.05) is 19.4 Å². The number of nitrogens with two attached hydrogens (primary N) is 1. The van der Waals surface area contributed by atoms with Gasteiger partial charge in [0.15, 0.2) is 6.10 Å². The van der Waals surface area contributed by atoms with E-state index in [1.54, 1.807) is 0 Å². The van der Waals surface area contributed by atoms with Gasteiger partial charge in [-0.15, -0.1) is 0 Å². The Morgan fingerprint density at radius 3 is 1.43 bits per heavy atom. The van der Waals surface area contributed by atoms with E-state index < -0.39 is 32.5 Å². The van der Waals surface area contributed by atoms with Crippen LogP contribution in [0.25, 0.3) is 0 Å². The van der Waals surface area contributed by atoms with Crippen LogP contribution in [0, 0.1) is 0 Å². The van der Waals surface area contributed by atoms with Crippen LogP contribution < -0.4 is 5.73 Å². The van der Waals surface area contributed by atoms with Crippen LogP contribution in [0.2, 0.25) is 0 Å². The normalized spacial score (nSPS) is 13.8. The number of hydrogen-bond donors (Lipinski definition) is 2. The maximum absolute atomic E-state index is 12.6. The van der Waals surface area contributed by atoms with E-state index >= 15 is 0 Å². The summed E-state index contributed by atoms with van der Waals surface area (Å²) in [7, 11) is -4.38. The molecule has 0 spiro atoms. The second kappa shape index (κ2) is 39.7. The third-order valence-electron chi connectivity index (χ3n) is 8.69. The monoisotopic (exact) mass is 768 g/mol. The van der Waals surface area contributed by atoms with E-state index in [-0.39, 0.29) is 32.6 Å². The smallest absolute Gasteiger partial charge is 0.462 e. The molecule has 0 saturated carbocycles. The van der Waals surface area contributed by atoms with Gasteiger partial charge in [-0.2, -0.15) is 0 Å². The lowest BCUT2D eigenvalue weighted by Gasteiger charge is -2.19. The quantitative estimate of drug-likeness (QED) is 0.0271. The summed E-state index contributed by atoms with van der Waals surface area (Å²) in [5, 5.41) is 0. The summed E-state index contributed by atoms with van der Waals surface area (Å²) in [6.45, 7) is 3.65. The van der Waals surface area contributed by atoms with Crippen molar-refractivity contribution in [2.24, 2.45) is 5.73 Å². The Morgan fingerprint density at radius 1 is 0.566 bits per heavy atom. The molecule has 10 heteroatoms. The van der Waals surface area contributed by atoms with Crippen molar-refractivity contribution in [1.29, 1.82) is 0 Å². The number of carbonyl (C=O) groups excluding carboxylic acids is 2. The first-order valence-corrected chi connectivity index (χ1v) is 22.6. The SMILES string of the molecule is CCCCCC=CCC=CCCCCCCCCCC(=O)O[C@H](COC(=O)CCCCCCCC=CCC=CCCCCC)COP(=O)(O)OCCN. The molecule has 0 rings (SSSR count). The number of allylic oxidation sites excluding steroid dienone is 8. The molecule has 9 nitrogen and oxygen atoms in total. The van der Waals surface area contributed by atoms with Gasteiger partial charge in [0.05, 0.1) is 13.2 Å². The van der Waals surface area contributed by atoms with E-state index in [9.17, 15) is 19.0 Å². The highest BCUT2D eigenvalue weighted by molar-refractivity contribution is 7.47. The first-order chi connectivity index (χ1) is 25.8. The number of phosphoric acid groups is 1. The minimum atomic E-state index is -4.38. The highest BCUT2D eigenvalue weighted by Crippen LogP contribution is 2.43. The van der Waals surface area contributed by atoms with E-state index in [0.717, 1.165) is 70.6 Å². The fourth-order valence-electron chi connectivity index (χ4n) is 5.52. The maximum Gasteiger partial charge on any atom is 0.472 e. The van der Waals surface area contributed by atoms with E-state index in [0.29, 0.717) is 12.8 Å². The molecule has 0 aliphatic carbocycles. The lowest BCUT2D eigenvalue weighted by Crippen LogP contribution is -2.29. The zero-order valence-corrected chi connectivity index (χ0v) is 34.6. The van der Waals surface area contributed by atoms with Crippen LogP contribution in [0.15, 0.2) is 48.6 Å². The molecule has 0 radical (unpaired) electrons. The Bertz CT molecular complexity index is 1010. The van der Waals surface area contributed by atoms with Crippen molar-refractivity contribution in [1.82, 2.24) is 0 Å². The van der Waals surface area contributed by atoms with Gasteiger partial charge in [-0.05, 0) is 77.0 Å². The Labute approximate surface area is 324 Å². The third kappa shape index (κ3) is 39.5. The van der Waals surface area contributed by atoms with Crippen LogP contribution in [0.4, 0.5) is 0 Å². The number of ether oxygens (including phenoxy) is 2. The summed E-state index contributed by atoms with van der Waals surface area (Å²) in [6.07, 6.45) is 44.2. The summed E-state index contributed by atoms with van der Waals surface area (Å²) >= 11 is 0. The van der Waals surface area contributed by atoms with Gasteiger partial charge in [-0.3, -0.25) is 18.6 Å². The summed E-state index contributed by atoms with van der Waals surface area (Å²) in [6, 6.07) is 0. The topological polar surface area (TPSA) is 134 Å². The zero-order chi connectivity index (χ0) is 38.9. The number of esters is 2. The Balaban J connectivity index is 4.21. The zero-order valence-electron chi connectivity index (χ0n) is 33.7. The van der Waals surface area contributed by atoms with Crippen LogP contribution in [-0.2, 0) is 32.7 Å². The largest absolute Gasteiger partial charge is 0.472 e. The van der Waals surface area contributed by atoms with Gasteiger partial charge in [0.2, 0.25) is 0 Å². The molecule has 0 aromatic rings. The Hall–Kier alpha value is -2.03. The molecule has 0 fully saturated rings. The van der Waals surface area contributed by atoms with Crippen molar-refractivity contribution in [3.63, 3.8) is 0 Å². The molecule has 53 heavy (non-hydrogen) atoms. The molecular weight excluding hydrogens is 689 g/mol. The molecule has 0 aromatic heterocycles. The van der Waals surface area contributed by atoms with E-state index in [2.05, 4.69) is 62.5 Å². The Morgan fingerprint density at radius 2 is 0.981 bits per heavy atom. The number of unbranched alkanes of at least 4 members (excludes halogenated alkanes) is 18. The number of phosphoric ester groups is 1. The number of carbonyl (C=O) groups is 2. The maximum atomic E-state index is 12.6. The third-order valence-corrected chi connectivity index (χ3v) is 9.67. The molecule has 0 amide bonds. The van der Waals surface area contributed by atoms with E-state index in [1.165, 1.54) is 70.6 Å². The summed E-state index contributed by atoms with van der Waals surface area (Å²) < 4.78 is 32.7. The first-order valence-electron chi connectivity index (χ1n) is 21.1. The number of hydrogen-bond acceptors (Lipinski definition) is 8. The molecule has 0 aliphatic heterocycles. The van der Waals surface area contributed by atoms with Crippen LogP contribution in [0.1, 0.15) is 181 Å². The van der Waals surface area contributed by atoms with Gasteiger partial charge >= 0.3 is 19.8 Å². The van der Waals surface area contributed by atoms with Gasteiger partial charge in [-0.1, -0.05) is 140 Å². The van der Waals surface area contributed by atoms with Crippen molar-refractivity contribution < 1.29 is 37.6 Å². The van der Waals surface area contributed by atoms with Gasteiger partial charge in [0.25, 0.3) is 0 Å². The standard InChI is InChI=1S/C43H78NO8P/c1-3-5-7-9-11-13-15-17-19-20-22-24-26-28-30-32-34-36-43(46)52-41(40-51-53(47,48)50-38-37-44)39-49-42(45)35-33-31-29-27-25-23-21-18-16-14-12-10-8-6-4-2/h11-14,17-19,21,41H,3-10,15-16,20,22-40,44H2,1-2H3,(H,47,48)/t41-/m1/s1. The minimum Gasteiger partial charge on any atom is -0.462 e. The minimum absolute atomic E-state index is 0.0484. The summed E-state index contributed by atoms with van der Waals surface area (Å²) in [5.74, 6) is -0.855. The fourth-order valence-corrected chi connectivity index (χ4v) is 6.28. The average molecular weight is 768 g/mol. The van der Waals surface area contributed by atoms with Gasteiger partial charge in [-0.25, -0.2) is 4.57 Å². The average Bonchev–Trinajstić information content (AvgIpc) is 3.14.